The van der Waals surface area contributed by atoms with Crippen LogP contribution in [0.1, 0.15) is 19.4 Å². The van der Waals surface area contributed by atoms with E-state index in [-0.39, 0.29) is 5.41 Å². The lowest BCUT2D eigenvalue weighted by atomic mass is 9.86. The summed E-state index contributed by atoms with van der Waals surface area (Å²) in [6, 6.07) is 10.2. The summed E-state index contributed by atoms with van der Waals surface area (Å²) in [4.78, 5) is 1.01. The minimum absolute atomic E-state index is 0.0123. The first kappa shape index (κ1) is 11.8. The molecule has 0 fully saturated rings. The van der Waals surface area contributed by atoms with Crippen LogP contribution in [-0.2, 0) is 0 Å². The molecular formula is C11H16NPS. The molecule has 0 saturated heterocycles. The Kier molecular flexibility index (Phi) is 4.18. The maximum Gasteiger partial charge on any atom is 0.0293 e. The van der Waals surface area contributed by atoms with E-state index in [1.54, 1.807) is 0 Å². The van der Waals surface area contributed by atoms with Crippen LogP contribution in [-0.4, -0.2) is 11.4 Å². The van der Waals surface area contributed by atoms with E-state index in [1.165, 1.54) is 0 Å². The largest absolute Gasteiger partial charge is 0.300 e. The van der Waals surface area contributed by atoms with Gasteiger partial charge in [-0.25, -0.2) is 0 Å². The van der Waals surface area contributed by atoms with Gasteiger partial charge in [-0.05, 0) is 5.56 Å². The summed E-state index contributed by atoms with van der Waals surface area (Å²) in [5.41, 5.74) is 1.16. The Balaban J connectivity index is 2.85. The van der Waals surface area contributed by atoms with Crippen LogP contribution >= 0.6 is 21.6 Å². The summed E-state index contributed by atoms with van der Waals surface area (Å²) >= 11 is 5.47. The van der Waals surface area contributed by atoms with Crippen molar-refractivity contribution in [2.24, 2.45) is 5.41 Å². The number of rotatable bonds is 4. The fraction of sp³-hybridized carbons (Fsp3) is 0.364. The minimum atomic E-state index is 0.0123. The number of thiocarbonyl (C=S) groups is 1. The molecule has 0 heterocycles. The summed E-state index contributed by atoms with van der Waals surface area (Å²) in [5, 5.41) is 3.09. The molecule has 0 aliphatic carbocycles. The van der Waals surface area contributed by atoms with Crippen molar-refractivity contribution in [3.8, 4) is 0 Å². The monoisotopic (exact) mass is 225 g/mol. The molecule has 0 radical (unpaired) electrons. The highest BCUT2D eigenvalue weighted by atomic mass is 32.1. The number of hydrogen-bond acceptors (Lipinski definition) is 2. The Morgan fingerprint density at radius 2 is 1.93 bits per heavy atom. The molecule has 1 N–H and O–H groups in total. The van der Waals surface area contributed by atoms with E-state index in [4.69, 9.17) is 12.2 Å². The van der Waals surface area contributed by atoms with E-state index in [0.717, 1.165) is 17.0 Å². The zero-order chi connectivity index (χ0) is 10.6. The lowest BCUT2D eigenvalue weighted by molar-refractivity contribution is 0.529. The predicted molar refractivity (Wildman–Crippen MR) is 69.6 cm³/mol. The van der Waals surface area contributed by atoms with Crippen molar-refractivity contribution in [3.63, 3.8) is 0 Å². The molecule has 3 heteroatoms. The van der Waals surface area contributed by atoms with Gasteiger partial charge in [0.2, 0.25) is 0 Å². The van der Waals surface area contributed by atoms with Crippen LogP contribution in [0.3, 0.4) is 0 Å². The Morgan fingerprint density at radius 1 is 1.36 bits per heavy atom. The molecule has 14 heavy (non-hydrogen) atoms. The Hall–Kier alpha value is -0.300. The normalized spacial score (nSPS) is 11.4. The van der Waals surface area contributed by atoms with Gasteiger partial charge in [-0.1, -0.05) is 65.8 Å². The first-order valence-electron chi connectivity index (χ1n) is 4.61. The van der Waals surface area contributed by atoms with Crippen LogP contribution in [0.25, 0.3) is 0 Å². The molecule has 0 aliphatic heterocycles. The Morgan fingerprint density at radius 3 is 2.43 bits per heavy atom. The van der Waals surface area contributed by atoms with Gasteiger partial charge in [-0.2, -0.15) is 0 Å². The van der Waals surface area contributed by atoms with Crippen molar-refractivity contribution < 1.29 is 0 Å². The fourth-order valence-electron chi connectivity index (χ4n) is 1.32. The molecule has 0 bridgehead atoms. The molecule has 0 aliphatic rings. The van der Waals surface area contributed by atoms with Gasteiger partial charge in [0, 0.05) is 16.8 Å². The molecule has 0 spiro atoms. The van der Waals surface area contributed by atoms with Crippen LogP contribution < -0.4 is 5.09 Å². The summed E-state index contributed by atoms with van der Waals surface area (Å²) in [7, 11) is 2.51. The van der Waals surface area contributed by atoms with Crippen LogP contribution in [0.2, 0.25) is 0 Å². The maximum atomic E-state index is 5.47. The lowest BCUT2D eigenvalue weighted by Gasteiger charge is -2.25. The van der Waals surface area contributed by atoms with Gasteiger partial charge >= 0.3 is 0 Å². The molecule has 1 rings (SSSR count). The third-order valence-corrected chi connectivity index (χ3v) is 3.19. The van der Waals surface area contributed by atoms with Gasteiger partial charge in [0.25, 0.3) is 0 Å². The molecule has 0 saturated carbocycles. The van der Waals surface area contributed by atoms with Crippen LogP contribution in [0.5, 0.6) is 0 Å². The minimum Gasteiger partial charge on any atom is -0.300 e. The molecule has 0 amide bonds. The second kappa shape index (κ2) is 4.97. The average Bonchev–Trinajstić information content (AvgIpc) is 2.18. The van der Waals surface area contributed by atoms with E-state index >= 15 is 0 Å². The van der Waals surface area contributed by atoms with E-state index in [1.807, 2.05) is 18.2 Å². The first-order valence-corrected chi connectivity index (χ1v) is 5.60. The SMILES string of the molecule is CC(C)(CNP)C(=S)c1ccccc1. The van der Waals surface area contributed by atoms with E-state index in [9.17, 15) is 0 Å². The number of nitrogens with one attached hydrogen (secondary N) is 1. The summed E-state index contributed by atoms with van der Waals surface area (Å²) in [5.74, 6) is 0. The van der Waals surface area contributed by atoms with Crippen molar-refractivity contribution in [2.45, 2.75) is 13.8 Å². The molecule has 1 unspecified atom stereocenters. The summed E-state index contributed by atoms with van der Waals surface area (Å²) in [6.07, 6.45) is 0. The van der Waals surface area contributed by atoms with Crippen molar-refractivity contribution in [3.05, 3.63) is 35.9 Å². The van der Waals surface area contributed by atoms with E-state index in [2.05, 4.69) is 40.5 Å². The molecule has 0 aromatic heterocycles. The second-order valence-corrected chi connectivity index (χ2v) is 4.78. The Labute approximate surface area is 93.6 Å². The van der Waals surface area contributed by atoms with Crippen molar-refractivity contribution in [1.82, 2.24) is 5.09 Å². The van der Waals surface area contributed by atoms with Crippen molar-refractivity contribution >= 4 is 26.5 Å². The fourth-order valence-corrected chi connectivity index (χ4v) is 2.03. The van der Waals surface area contributed by atoms with Gasteiger partial charge in [-0.15, -0.1) is 0 Å². The average molecular weight is 225 g/mol. The second-order valence-electron chi connectivity index (χ2n) is 3.96. The summed E-state index contributed by atoms with van der Waals surface area (Å²) in [6.45, 7) is 5.17. The maximum absolute atomic E-state index is 5.47. The number of hydrogen-bond donors (Lipinski definition) is 1. The first-order chi connectivity index (χ1) is 6.58. The van der Waals surface area contributed by atoms with Crippen molar-refractivity contribution in [1.29, 1.82) is 0 Å². The standard InChI is InChI=1S/C11H16NPS/c1-11(2,8-12-13)10(14)9-6-4-3-5-7-9/h3-7,12H,8,13H2,1-2H3. The lowest BCUT2D eigenvalue weighted by Crippen LogP contribution is -2.31. The van der Waals surface area contributed by atoms with E-state index < -0.39 is 0 Å². The highest BCUT2D eigenvalue weighted by Crippen LogP contribution is 2.22. The van der Waals surface area contributed by atoms with Gasteiger partial charge in [0.15, 0.2) is 0 Å². The Bertz CT molecular complexity index is 308. The molecule has 1 atom stereocenters. The smallest absolute Gasteiger partial charge is 0.0293 e. The van der Waals surface area contributed by atoms with Crippen LogP contribution in [0.4, 0.5) is 0 Å². The quantitative estimate of drug-likeness (QED) is 0.480. The third-order valence-electron chi connectivity index (χ3n) is 2.19. The predicted octanol–water partition coefficient (Wildman–Crippen LogP) is 2.81. The van der Waals surface area contributed by atoms with Crippen LogP contribution in [0.15, 0.2) is 30.3 Å². The molecule has 1 nitrogen and oxygen atoms in total. The molecular weight excluding hydrogens is 209 g/mol. The highest BCUT2D eigenvalue weighted by molar-refractivity contribution is 7.81. The van der Waals surface area contributed by atoms with E-state index in [0.29, 0.717) is 0 Å². The third kappa shape index (κ3) is 2.84. The van der Waals surface area contributed by atoms with Crippen LogP contribution in [0, 0.1) is 5.41 Å². The number of benzene rings is 1. The van der Waals surface area contributed by atoms with Crippen molar-refractivity contribution in [2.75, 3.05) is 6.54 Å². The zero-order valence-electron chi connectivity index (χ0n) is 8.58. The van der Waals surface area contributed by atoms with Gasteiger partial charge < -0.3 is 0 Å². The molecule has 1 aromatic carbocycles. The summed E-state index contributed by atoms with van der Waals surface area (Å²) < 4.78 is 0. The molecule has 76 valence electrons. The zero-order valence-corrected chi connectivity index (χ0v) is 10.6. The van der Waals surface area contributed by atoms with Gasteiger partial charge in [-0.3, -0.25) is 5.09 Å². The van der Waals surface area contributed by atoms with Gasteiger partial charge in [0.05, 0.1) is 0 Å². The molecule has 1 aromatic rings. The highest BCUT2D eigenvalue weighted by Gasteiger charge is 2.23. The van der Waals surface area contributed by atoms with Gasteiger partial charge in [0.1, 0.15) is 0 Å². The topological polar surface area (TPSA) is 12.0 Å².